The summed E-state index contributed by atoms with van der Waals surface area (Å²) in [4.78, 5) is 11.7. The maximum atomic E-state index is 11.7. The third kappa shape index (κ3) is 2.32. The number of carbonyl (C=O) groups excluding carboxylic acids is 1. The Balaban J connectivity index is 2.07. The number of carbonyl (C=O) groups is 1. The quantitative estimate of drug-likeness (QED) is 0.820. The molecule has 15 heavy (non-hydrogen) atoms. The van der Waals surface area contributed by atoms with Gasteiger partial charge >= 0.3 is 0 Å². The minimum Gasteiger partial charge on any atom is -0.326 e. The van der Waals surface area contributed by atoms with Crippen molar-refractivity contribution in [2.45, 2.75) is 20.3 Å². The molecule has 2 atom stereocenters. The minimum absolute atomic E-state index is 0.132. The molecule has 0 heterocycles. The lowest BCUT2D eigenvalue weighted by molar-refractivity contribution is -0.117. The normalized spacial score (nSPS) is 23.7. The molecular formula is C12H14ClNO. The molecule has 1 aromatic carbocycles. The topological polar surface area (TPSA) is 29.1 Å². The molecule has 1 saturated carbocycles. The van der Waals surface area contributed by atoms with Gasteiger partial charge in [-0.15, -0.1) is 0 Å². The first-order valence-corrected chi connectivity index (χ1v) is 5.52. The van der Waals surface area contributed by atoms with Gasteiger partial charge in [-0.1, -0.05) is 18.5 Å². The maximum Gasteiger partial charge on any atom is 0.227 e. The van der Waals surface area contributed by atoms with Crippen LogP contribution in [0.4, 0.5) is 5.69 Å². The lowest BCUT2D eigenvalue weighted by Gasteiger charge is -2.07. The molecule has 80 valence electrons. The third-order valence-electron chi connectivity index (χ3n) is 2.89. The van der Waals surface area contributed by atoms with Crippen molar-refractivity contribution in [2.75, 3.05) is 5.32 Å². The minimum atomic E-state index is 0.132. The van der Waals surface area contributed by atoms with Gasteiger partial charge in [0.2, 0.25) is 5.91 Å². The van der Waals surface area contributed by atoms with E-state index in [0.29, 0.717) is 10.9 Å². The SMILES string of the molecule is Cc1cc(Cl)ccc1NC(=O)[C@@H]1C[C@H]1C. The molecule has 1 aliphatic rings. The summed E-state index contributed by atoms with van der Waals surface area (Å²) in [6.45, 7) is 4.04. The van der Waals surface area contributed by atoms with Crippen LogP contribution in [-0.4, -0.2) is 5.91 Å². The third-order valence-corrected chi connectivity index (χ3v) is 3.13. The monoisotopic (exact) mass is 223 g/mol. The number of halogens is 1. The average Bonchev–Trinajstić information content (AvgIpc) is 2.88. The Hall–Kier alpha value is -1.02. The van der Waals surface area contributed by atoms with E-state index < -0.39 is 0 Å². The molecule has 3 heteroatoms. The average molecular weight is 224 g/mol. The summed E-state index contributed by atoms with van der Waals surface area (Å²) in [7, 11) is 0. The molecule has 1 aliphatic carbocycles. The molecular weight excluding hydrogens is 210 g/mol. The Morgan fingerprint density at radius 1 is 1.53 bits per heavy atom. The van der Waals surface area contributed by atoms with E-state index in [1.807, 2.05) is 19.1 Å². The van der Waals surface area contributed by atoms with E-state index in [0.717, 1.165) is 17.7 Å². The van der Waals surface area contributed by atoms with Crippen LogP contribution in [0, 0.1) is 18.8 Å². The zero-order valence-corrected chi connectivity index (χ0v) is 9.64. The molecule has 1 N–H and O–H groups in total. The first kappa shape index (κ1) is 10.5. The predicted octanol–water partition coefficient (Wildman–Crippen LogP) is 3.24. The van der Waals surface area contributed by atoms with Gasteiger partial charge in [-0.05, 0) is 43.0 Å². The van der Waals surface area contributed by atoms with E-state index in [4.69, 9.17) is 11.6 Å². The van der Waals surface area contributed by atoms with Crippen molar-refractivity contribution in [2.24, 2.45) is 11.8 Å². The number of benzene rings is 1. The van der Waals surface area contributed by atoms with Crippen molar-refractivity contribution in [3.05, 3.63) is 28.8 Å². The van der Waals surface area contributed by atoms with Crippen molar-refractivity contribution in [1.82, 2.24) is 0 Å². The smallest absolute Gasteiger partial charge is 0.227 e. The summed E-state index contributed by atoms with van der Waals surface area (Å²) < 4.78 is 0. The Kier molecular flexibility index (Phi) is 2.70. The van der Waals surface area contributed by atoms with Gasteiger partial charge in [0.1, 0.15) is 0 Å². The number of hydrogen-bond acceptors (Lipinski definition) is 1. The largest absolute Gasteiger partial charge is 0.326 e. The maximum absolute atomic E-state index is 11.7. The highest BCUT2D eigenvalue weighted by Gasteiger charge is 2.39. The molecule has 1 aromatic rings. The zero-order valence-electron chi connectivity index (χ0n) is 8.88. The highest BCUT2D eigenvalue weighted by molar-refractivity contribution is 6.30. The molecule has 0 aromatic heterocycles. The first-order chi connectivity index (χ1) is 7.08. The fourth-order valence-electron chi connectivity index (χ4n) is 1.68. The molecule has 0 unspecified atom stereocenters. The van der Waals surface area contributed by atoms with Crippen LogP contribution < -0.4 is 5.32 Å². The highest BCUT2D eigenvalue weighted by atomic mass is 35.5. The molecule has 1 amide bonds. The van der Waals surface area contributed by atoms with E-state index >= 15 is 0 Å². The van der Waals surface area contributed by atoms with Gasteiger partial charge in [-0.3, -0.25) is 4.79 Å². The number of rotatable bonds is 2. The van der Waals surface area contributed by atoms with Gasteiger partial charge in [0.15, 0.2) is 0 Å². The van der Waals surface area contributed by atoms with E-state index in [-0.39, 0.29) is 11.8 Å². The summed E-state index contributed by atoms with van der Waals surface area (Å²) in [5.41, 5.74) is 1.87. The predicted molar refractivity (Wildman–Crippen MR) is 62.1 cm³/mol. The Morgan fingerprint density at radius 2 is 2.20 bits per heavy atom. The standard InChI is InChI=1S/C12H14ClNO/c1-7-6-10(7)12(15)14-11-4-3-9(13)5-8(11)2/h3-5,7,10H,6H2,1-2H3,(H,14,15)/t7-,10-/m1/s1. The van der Waals surface area contributed by atoms with E-state index in [1.54, 1.807) is 6.07 Å². The van der Waals surface area contributed by atoms with Crippen LogP contribution in [-0.2, 0) is 4.79 Å². The van der Waals surface area contributed by atoms with Crippen molar-refractivity contribution >= 4 is 23.2 Å². The van der Waals surface area contributed by atoms with Crippen LogP contribution in [0.15, 0.2) is 18.2 Å². The van der Waals surface area contributed by atoms with Crippen molar-refractivity contribution in [1.29, 1.82) is 0 Å². The summed E-state index contributed by atoms with van der Waals surface area (Å²) in [5.74, 6) is 0.880. The lowest BCUT2D eigenvalue weighted by Crippen LogP contribution is -2.15. The van der Waals surface area contributed by atoms with Crippen LogP contribution in [0.3, 0.4) is 0 Å². The van der Waals surface area contributed by atoms with Crippen molar-refractivity contribution < 1.29 is 4.79 Å². The van der Waals surface area contributed by atoms with E-state index in [2.05, 4.69) is 12.2 Å². The van der Waals surface area contributed by atoms with Crippen LogP contribution >= 0.6 is 11.6 Å². The fourth-order valence-corrected chi connectivity index (χ4v) is 1.91. The van der Waals surface area contributed by atoms with Crippen LogP contribution in [0.1, 0.15) is 18.9 Å². The summed E-state index contributed by atoms with van der Waals surface area (Å²) in [5, 5.41) is 3.63. The van der Waals surface area contributed by atoms with Crippen molar-refractivity contribution in [3.63, 3.8) is 0 Å². The van der Waals surface area contributed by atoms with E-state index in [1.165, 1.54) is 0 Å². The first-order valence-electron chi connectivity index (χ1n) is 5.15. The van der Waals surface area contributed by atoms with Gasteiger partial charge in [-0.25, -0.2) is 0 Å². The van der Waals surface area contributed by atoms with Gasteiger partial charge in [0.05, 0.1) is 0 Å². The Bertz CT molecular complexity index is 403. The Labute approximate surface area is 94.6 Å². The van der Waals surface area contributed by atoms with Gasteiger partial charge in [0, 0.05) is 16.6 Å². The number of amides is 1. The molecule has 1 fully saturated rings. The highest BCUT2D eigenvalue weighted by Crippen LogP contribution is 2.38. The van der Waals surface area contributed by atoms with Crippen molar-refractivity contribution in [3.8, 4) is 0 Å². The molecule has 0 saturated heterocycles. The molecule has 0 bridgehead atoms. The van der Waals surface area contributed by atoms with Gasteiger partial charge in [-0.2, -0.15) is 0 Å². The van der Waals surface area contributed by atoms with Gasteiger partial charge in [0.25, 0.3) is 0 Å². The van der Waals surface area contributed by atoms with E-state index in [9.17, 15) is 4.79 Å². The second-order valence-corrected chi connectivity index (χ2v) is 4.70. The number of aryl methyl sites for hydroxylation is 1. The fraction of sp³-hybridized carbons (Fsp3) is 0.417. The molecule has 0 radical (unpaired) electrons. The molecule has 0 spiro atoms. The van der Waals surface area contributed by atoms with Crippen LogP contribution in [0.5, 0.6) is 0 Å². The van der Waals surface area contributed by atoms with Crippen LogP contribution in [0.25, 0.3) is 0 Å². The second kappa shape index (κ2) is 3.86. The summed E-state index contributed by atoms with van der Waals surface area (Å²) in [6.07, 6.45) is 1.01. The Morgan fingerprint density at radius 3 is 2.73 bits per heavy atom. The van der Waals surface area contributed by atoms with Gasteiger partial charge < -0.3 is 5.32 Å². The lowest BCUT2D eigenvalue weighted by atomic mass is 10.2. The second-order valence-electron chi connectivity index (χ2n) is 4.27. The molecule has 2 rings (SSSR count). The molecule has 2 nitrogen and oxygen atoms in total. The number of hydrogen-bond donors (Lipinski definition) is 1. The number of anilines is 1. The summed E-state index contributed by atoms with van der Waals surface area (Å²) >= 11 is 5.84. The summed E-state index contributed by atoms with van der Waals surface area (Å²) in [6, 6.07) is 5.50. The van der Waals surface area contributed by atoms with Crippen LogP contribution in [0.2, 0.25) is 5.02 Å². The zero-order chi connectivity index (χ0) is 11.0. The number of nitrogens with one attached hydrogen (secondary N) is 1. The molecule has 0 aliphatic heterocycles.